The van der Waals surface area contributed by atoms with Crippen molar-refractivity contribution in [3.63, 3.8) is 0 Å². The fourth-order valence-corrected chi connectivity index (χ4v) is 2.94. The van der Waals surface area contributed by atoms with Crippen molar-refractivity contribution in [2.75, 3.05) is 26.3 Å². The minimum absolute atomic E-state index is 0.132. The molecule has 0 spiro atoms. The van der Waals surface area contributed by atoms with Crippen molar-refractivity contribution >= 4 is 5.91 Å². The molecule has 0 radical (unpaired) electrons. The summed E-state index contributed by atoms with van der Waals surface area (Å²) in [7, 11) is 0. The molecule has 1 fully saturated rings. The third-order valence-corrected chi connectivity index (χ3v) is 4.43. The van der Waals surface area contributed by atoms with Crippen LogP contribution in [0.4, 0.5) is 0 Å². The minimum atomic E-state index is -1.45. The molecule has 4 atom stereocenters. The Morgan fingerprint density at radius 3 is 2.62 bits per heavy atom. The first-order valence-corrected chi connectivity index (χ1v) is 8.85. The molecule has 4 N–H and O–H groups in total. The van der Waals surface area contributed by atoms with Crippen molar-refractivity contribution in [3.05, 3.63) is 24.3 Å². The number of β-amino-alcohol motifs (C(OH)–C–C–N with tert-alkyl or cyclic N) is 1. The maximum absolute atomic E-state index is 12.7. The lowest BCUT2D eigenvalue weighted by molar-refractivity contribution is -0.145. The molecule has 26 heavy (non-hydrogen) atoms. The number of carbonyl (C=O) groups is 1. The van der Waals surface area contributed by atoms with Gasteiger partial charge < -0.3 is 30.1 Å². The van der Waals surface area contributed by atoms with E-state index in [1.807, 2.05) is 0 Å². The Kier molecular flexibility index (Phi) is 8.33. The maximum atomic E-state index is 12.7. The summed E-state index contributed by atoms with van der Waals surface area (Å²) < 4.78 is 5.49. The van der Waals surface area contributed by atoms with Crippen molar-refractivity contribution in [1.29, 1.82) is 0 Å². The minimum Gasteiger partial charge on any atom is -0.394 e. The van der Waals surface area contributed by atoms with Crippen LogP contribution < -0.4 is 0 Å². The Balaban J connectivity index is 2.15. The molecule has 1 aliphatic rings. The number of rotatable bonds is 3. The average Bonchev–Trinajstić information content (AvgIpc) is 2.67. The van der Waals surface area contributed by atoms with Crippen molar-refractivity contribution in [2.24, 2.45) is 0 Å². The van der Waals surface area contributed by atoms with Crippen LogP contribution in [0.5, 0.6) is 0 Å². The van der Waals surface area contributed by atoms with Crippen molar-refractivity contribution in [3.8, 4) is 0 Å². The average molecular weight is 369 g/mol. The quantitative estimate of drug-likeness (QED) is 0.530. The van der Waals surface area contributed by atoms with E-state index in [0.29, 0.717) is 18.7 Å². The first kappa shape index (κ1) is 20.7. The van der Waals surface area contributed by atoms with Crippen LogP contribution in [0.15, 0.2) is 18.7 Å². The Morgan fingerprint density at radius 2 is 1.92 bits per heavy atom. The second-order valence-corrected chi connectivity index (χ2v) is 6.44. The summed E-state index contributed by atoms with van der Waals surface area (Å²) in [5.74, 6) is -0.339. The van der Waals surface area contributed by atoms with Gasteiger partial charge in [-0.15, -0.1) is 0 Å². The van der Waals surface area contributed by atoms with E-state index in [4.69, 9.17) is 9.84 Å². The number of ether oxygens (including phenoxy) is 1. The summed E-state index contributed by atoms with van der Waals surface area (Å²) in [4.78, 5) is 21.8. The molecule has 0 unspecified atom stereocenters. The highest BCUT2D eigenvalue weighted by atomic mass is 16.5. The monoisotopic (exact) mass is 369 g/mol. The van der Waals surface area contributed by atoms with Gasteiger partial charge in [-0.2, -0.15) is 0 Å². The van der Waals surface area contributed by atoms with Crippen LogP contribution in [0.25, 0.3) is 0 Å². The summed E-state index contributed by atoms with van der Waals surface area (Å²) in [5.41, 5.74) is 0.296. The van der Waals surface area contributed by atoms with E-state index < -0.39 is 31.0 Å². The van der Waals surface area contributed by atoms with Crippen LogP contribution in [0.3, 0.4) is 0 Å². The second-order valence-electron chi connectivity index (χ2n) is 6.44. The first-order valence-electron chi connectivity index (χ1n) is 8.85. The molecule has 0 bridgehead atoms. The lowest BCUT2D eigenvalue weighted by Gasteiger charge is -2.33. The Hall–Kier alpha value is -1.65. The largest absolute Gasteiger partial charge is 0.394 e. The SMILES string of the molecule is O=C(c1cncnc1)N1CCCCCCO[C@H]([C@H](O)CO)[C@H](O)[C@@H](O)C1. The van der Waals surface area contributed by atoms with Gasteiger partial charge in [-0.25, -0.2) is 9.97 Å². The molecular formula is C17H27N3O6. The van der Waals surface area contributed by atoms with Crippen LogP contribution >= 0.6 is 0 Å². The van der Waals surface area contributed by atoms with E-state index in [1.165, 1.54) is 23.6 Å². The van der Waals surface area contributed by atoms with Crippen molar-refractivity contribution in [1.82, 2.24) is 14.9 Å². The van der Waals surface area contributed by atoms with E-state index in [2.05, 4.69) is 9.97 Å². The predicted octanol–water partition coefficient (Wildman–Crippen LogP) is -1.05. The van der Waals surface area contributed by atoms with E-state index in [0.717, 1.165) is 25.7 Å². The fraction of sp³-hybridized carbons (Fsp3) is 0.706. The van der Waals surface area contributed by atoms with Gasteiger partial charge in [0.25, 0.3) is 5.91 Å². The standard InChI is InChI=1S/C17H27N3O6/c21-10-14(23)16-15(24)13(22)9-20(5-3-1-2-4-6-26-16)17(25)12-7-18-11-19-8-12/h7-8,11,13-16,21-24H,1-6,9-10H2/t13-,14+,15+,16+/m0/s1. The number of aliphatic hydroxyl groups is 4. The lowest BCUT2D eigenvalue weighted by Crippen LogP contribution is -2.52. The predicted molar refractivity (Wildman–Crippen MR) is 91.2 cm³/mol. The van der Waals surface area contributed by atoms with Gasteiger partial charge in [0.2, 0.25) is 0 Å². The summed E-state index contributed by atoms with van der Waals surface area (Å²) in [6.07, 6.45) is 2.10. The smallest absolute Gasteiger partial charge is 0.257 e. The van der Waals surface area contributed by atoms with E-state index >= 15 is 0 Å². The number of aromatic nitrogens is 2. The van der Waals surface area contributed by atoms with E-state index in [-0.39, 0.29) is 12.5 Å². The molecule has 1 aromatic heterocycles. The third kappa shape index (κ3) is 5.68. The zero-order valence-electron chi connectivity index (χ0n) is 14.6. The number of aliphatic hydroxyl groups excluding tert-OH is 4. The van der Waals surface area contributed by atoms with Gasteiger partial charge in [-0.1, -0.05) is 12.8 Å². The zero-order chi connectivity index (χ0) is 18.9. The van der Waals surface area contributed by atoms with Gasteiger partial charge in [0, 0.05) is 32.1 Å². The molecule has 1 aliphatic heterocycles. The van der Waals surface area contributed by atoms with Gasteiger partial charge in [-0.3, -0.25) is 4.79 Å². The number of carbonyl (C=O) groups excluding carboxylic acids is 1. The fourth-order valence-electron chi connectivity index (χ4n) is 2.94. The molecular weight excluding hydrogens is 342 g/mol. The highest BCUT2D eigenvalue weighted by Gasteiger charge is 2.34. The van der Waals surface area contributed by atoms with Crippen molar-refractivity contribution in [2.45, 2.75) is 50.1 Å². The third-order valence-electron chi connectivity index (χ3n) is 4.43. The molecule has 0 aliphatic carbocycles. The summed E-state index contributed by atoms with van der Waals surface area (Å²) in [6, 6.07) is 0. The van der Waals surface area contributed by atoms with Crippen LogP contribution in [0, 0.1) is 0 Å². The highest BCUT2D eigenvalue weighted by Crippen LogP contribution is 2.15. The second kappa shape index (κ2) is 10.5. The molecule has 9 heteroatoms. The normalized spacial score (nSPS) is 27.2. The number of nitrogens with zero attached hydrogens (tertiary/aromatic N) is 3. The van der Waals surface area contributed by atoms with E-state index in [1.54, 1.807) is 0 Å². The summed E-state index contributed by atoms with van der Waals surface area (Å²) >= 11 is 0. The highest BCUT2D eigenvalue weighted by molar-refractivity contribution is 5.93. The Labute approximate surface area is 152 Å². The molecule has 0 aromatic carbocycles. The van der Waals surface area contributed by atoms with Gasteiger partial charge in [0.15, 0.2) is 0 Å². The first-order chi connectivity index (χ1) is 12.5. The molecule has 2 rings (SSSR count). The molecule has 1 saturated heterocycles. The molecule has 1 aromatic rings. The van der Waals surface area contributed by atoms with Gasteiger partial charge in [-0.05, 0) is 12.8 Å². The lowest BCUT2D eigenvalue weighted by atomic mass is 10.0. The number of hydrogen-bond donors (Lipinski definition) is 4. The van der Waals surface area contributed by atoms with Gasteiger partial charge in [0.1, 0.15) is 30.7 Å². The molecule has 1 amide bonds. The van der Waals surface area contributed by atoms with E-state index in [9.17, 15) is 20.1 Å². The Morgan fingerprint density at radius 1 is 1.23 bits per heavy atom. The zero-order valence-corrected chi connectivity index (χ0v) is 14.6. The summed E-state index contributed by atoms with van der Waals surface area (Å²) in [5, 5.41) is 39.8. The van der Waals surface area contributed by atoms with Gasteiger partial charge in [0.05, 0.1) is 12.2 Å². The number of amides is 1. The van der Waals surface area contributed by atoms with Crippen LogP contribution in [0.1, 0.15) is 36.0 Å². The molecule has 2 heterocycles. The van der Waals surface area contributed by atoms with Crippen LogP contribution in [-0.4, -0.2) is 91.9 Å². The van der Waals surface area contributed by atoms with Crippen LogP contribution in [-0.2, 0) is 4.74 Å². The number of hydrogen-bond acceptors (Lipinski definition) is 8. The maximum Gasteiger partial charge on any atom is 0.257 e. The molecule has 0 saturated carbocycles. The molecule has 146 valence electrons. The Bertz CT molecular complexity index is 547. The van der Waals surface area contributed by atoms with Crippen molar-refractivity contribution < 1.29 is 30.0 Å². The topological polar surface area (TPSA) is 136 Å². The molecule has 9 nitrogen and oxygen atoms in total. The van der Waals surface area contributed by atoms with Gasteiger partial charge >= 0.3 is 0 Å². The van der Waals surface area contributed by atoms with Crippen LogP contribution in [0.2, 0.25) is 0 Å². The summed E-state index contributed by atoms with van der Waals surface area (Å²) in [6.45, 7) is 0.00639.